The number of benzene rings is 2. The maximum absolute atomic E-state index is 12.3. The Hall–Kier alpha value is -2.89. The average Bonchev–Trinajstić information content (AvgIpc) is 3.24. The van der Waals surface area contributed by atoms with E-state index in [1.165, 1.54) is 5.56 Å². The van der Waals surface area contributed by atoms with Crippen molar-refractivity contribution in [3.8, 4) is 5.75 Å². The zero-order valence-electron chi connectivity index (χ0n) is 16.8. The van der Waals surface area contributed by atoms with E-state index in [1.54, 1.807) is 37.6 Å². The van der Waals surface area contributed by atoms with Gasteiger partial charge in [-0.1, -0.05) is 23.7 Å². The van der Waals surface area contributed by atoms with Crippen LogP contribution in [0.25, 0.3) is 0 Å². The molecule has 0 spiro atoms. The molecule has 2 heterocycles. The Morgan fingerprint density at radius 2 is 1.90 bits per heavy atom. The monoisotopic (exact) mass is 421 g/mol. The van der Waals surface area contributed by atoms with Gasteiger partial charge < -0.3 is 10.1 Å². The molecule has 30 heavy (non-hydrogen) atoms. The maximum atomic E-state index is 12.3. The van der Waals surface area contributed by atoms with E-state index in [9.17, 15) is 4.79 Å². The van der Waals surface area contributed by atoms with E-state index in [2.05, 4.69) is 27.3 Å². The molecule has 6 heteroatoms. The summed E-state index contributed by atoms with van der Waals surface area (Å²) in [7, 11) is 1.68. The molecule has 1 aromatic heterocycles. The highest BCUT2D eigenvalue weighted by molar-refractivity contribution is 6.30. The smallest absolute Gasteiger partial charge is 0.255 e. The summed E-state index contributed by atoms with van der Waals surface area (Å²) >= 11 is 5.87. The lowest BCUT2D eigenvalue weighted by Crippen LogP contribution is -2.20. The Balaban J connectivity index is 1.32. The predicted octanol–water partition coefficient (Wildman–Crippen LogP) is 4.99. The molecule has 154 valence electrons. The molecule has 0 saturated carbocycles. The Morgan fingerprint density at radius 3 is 2.57 bits per heavy atom. The number of nitrogens with one attached hydrogen (secondary N) is 1. The van der Waals surface area contributed by atoms with Gasteiger partial charge in [0.25, 0.3) is 5.91 Å². The number of likely N-dealkylation sites (tertiary alicyclic amines) is 1. The number of amides is 1. The van der Waals surface area contributed by atoms with Gasteiger partial charge in [-0.25, -0.2) is 0 Å². The number of halogens is 1. The van der Waals surface area contributed by atoms with Gasteiger partial charge in [0.05, 0.1) is 19.0 Å². The molecule has 1 amide bonds. The highest BCUT2D eigenvalue weighted by atomic mass is 35.5. The van der Waals surface area contributed by atoms with E-state index < -0.39 is 0 Å². The molecule has 1 fully saturated rings. The van der Waals surface area contributed by atoms with Crippen molar-refractivity contribution >= 4 is 23.2 Å². The summed E-state index contributed by atoms with van der Waals surface area (Å²) in [5, 5.41) is 3.49. The first-order valence-corrected chi connectivity index (χ1v) is 10.4. The highest BCUT2D eigenvalue weighted by Gasteiger charge is 2.24. The first-order valence-electron chi connectivity index (χ1n) is 9.99. The Morgan fingerprint density at radius 1 is 1.13 bits per heavy atom. The molecular formula is C24H24ClN3O2. The van der Waals surface area contributed by atoms with E-state index in [-0.39, 0.29) is 5.91 Å². The predicted molar refractivity (Wildman–Crippen MR) is 119 cm³/mol. The fourth-order valence-electron chi connectivity index (χ4n) is 3.73. The van der Waals surface area contributed by atoms with Crippen molar-refractivity contribution in [1.82, 2.24) is 9.88 Å². The van der Waals surface area contributed by atoms with Crippen LogP contribution in [-0.4, -0.2) is 36.0 Å². The summed E-state index contributed by atoms with van der Waals surface area (Å²) in [6.45, 7) is 2.96. The van der Waals surface area contributed by atoms with E-state index in [1.807, 2.05) is 24.3 Å². The van der Waals surface area contributed by atoms with Crippen molar-refractivity contribution in [2.45, 2.75) is 18.9 Å². The molecule has 3 aromatic rings. The number of pyridine rings is 1. The number of aromatic nitrogens is 1. The lowest BCUT2D eigenvalue weighted by molar-refractivity contribution is 0.102. The fourth-order valence-corrected chi connectivity index (χ4v) is 3.86. The topological polar surface area (TPSA) is 54.5 Å². The van der Waals surface area contributed by atoms with Crippen molar-refractivity contribution in [3.63, 3.8) is 0 Å². The third-order valence-electron chi connectivity index (χ3n) is 5.41. The standard InChI is InChI=1S/C24H24ClN3O2/c1-30-22-9-2-17(3-10-22)15-28-13-12-19(16-28)23-11-8-21(14-26-23)27-24(29)18-4-6-20(25)7-5-18/h2-11,14,19H,12-13,15-16H2,1H3,(H,27,29). The van der Waals surface area contributed by atoms with Crippen LogP contribution in [0.15, 0.2) is 66.9 Å². The molecule has 1 N–H and O–H groups in total. The Bertz CT molecular complexity index is 988. The summed E-state index contributed by atoms with van der Waals surface area (Å²) in [5.41, 5.74) is 3.60. The van der Waals surface area contributed by atoms with Crippen molar-refractivity contribution in [1.29, 1.82) is 0 Å². The van der Waals surface area contributed by atoms with Crippen LogP contribution >= 0.6 is 11.6 Å². The number of carbonyl (C=O) groups is 1. The van der Waals surface area contributed by atoms with Crippen LogP contribution in [-0.2, 0) is 6.54 Å². The van der Waals surface area contributed by atoms with Gasteiger partial charge in [0.2, 0.25) is 0 Å². The Labute approximate surface area is 181 Å². The summed E-state index contributed by atoms with van der Waals surface area (Å²) in [6.07, 6.45) is 2.81. The number of rotatable bonds is 6. The van der Waals surface area contributed by atoms with E-state index in [0.29, 0.717) is 22.2 Å². The molecular weight excluding hydrogens is 398 g/mol. The summed E-state index contributed by atoms with van der Waals surface area (Å²) in [4.78, 5) is 19.4. The number of anilines is 1. The molecule has 1 unspecified atom stereocenters. The van der Waals surface area contributed by atoms with E-state index >= 15 is 0 Å². The van der Waals surface area contributed by atoms with Gasteiger partial charge in [0.15, 0.2) is 0 Å². The Kier molecular flexibility index (Phi) is 6.31. The second-order valence-corrected chi connectivity index (χ2v) is 7.94. The van der Waals surface area contributed by atoms with Crippen LogP contribution in [0, 0.1) is 0 Å². The van der Waals surface area contributed by atoms with Gasteiger partial charge in [-0.2, -0.15) is 0 Å². The highest BCUT2D eigenvalue weighted by Crippen LogP contribution is 2.28. The third-order valence-corrected chi connectivity index (χ3v) is 5.66. The van der Waals surface area contributed by atoms with Crippen LogP contribution in [0.5, 0.6) is 5.75 Å². The number of hydrogen-bond acceptors (Lipinski definition) is 4. The van der Waals surface area contributed by atoms with Gasteiger partial charge in [0, 0.05) is 35.3 Å². The van der Waals surface area contributed by atoms with Crippen LogP contribution < -0.4 is 10.1 Å². The third kappa shape index (κ3) is 4.99. The van der Waals surface area contributed by atoms with Gasteiger partial charge in [-0.15, -0.1) is 0 Å². The molecule has 0 aliphatic carbocycles. The van der Waals surface area contributed by atoms with Crippen LogP contribution in [0.3, 0.4) is 0 Å². The minimum Gasteiger partial charge on any atom is -0.497 e. The zero-order chi connectivity index (χ0) is 20.9. The van der Waals surface area contributed by atoms with Gasteiger partial charge >= 0.3 is 0 Å². The number of methoxy groups -OCH3 is 1. The molecule has 4 rings (SSSR count). The van der Waals surface area contributed by atoms with Gasteiger partial charge in [-0.05, 0) is 67.1 Å². The second-order valence-electron chi connectivity index (χ2n) is 7.50. The molecule has 2 aromatic carbocycles. The summed E-state index contributed by atoms with van der Waals surface area (Å²) < 4.78 is 5.22. The van der Waals surface area contributed by atoms with E-state index in [0.717, 1.165) is 37.5 Å². The van der Waals surface area contributed by atoms with E-state index in [4.69, 9.17) is 16.3 Å². The lowest BCUT2D eigenvalue weighted by Gasteiger charge is -2.16. The quantitative estimate of drug-likeness (QED) is 0.609. The molecule has 1 saturated heterocycles. The van der Waals surface area contributed by atoms with Crippen LogP contribution in [0.2, 0.25) is 5.02 Å². The molecule has 1 aliphatic rings. The molecule has 0 bridgehead atoms. The fraction of sp³-hybridized carbons (Fsp3) is 0.250. The van der Waals surface area contributed by atoms with Crippen LogP contribution in [0.4, 0.5) is 5.69 Å². The van der Waals surface area contributed by atoms with Crippen LogP contribution in [0.1, 0.15) is 34.0 Å². The lowest BCUT2D eigenvalue weighted by atomic mass is 10.0. The number of hydrogen-bond donors (Lipinski definition) is 1. The van der Waals surface area contributed by atoms with Gasteiger partial charge in [-0.3, -0.25) is 14.7 Å². The number of nitrogens with zero attached hydrogens (tertiary/aromatic N) is 2. The largest absolute Gasteiger partial charge is 0.497 e. The molecule has 0 radical (unpaired) electrons. The summed E-state index contributed by atoms with van der Waals surface area (Å²) in [5.74, 6) is 1.11. The molecule has 1 aliphatic heterocycles. The normalized spacial score (nSPS) is 16.4. The average molecular weight is 422 g/mol. The SMILES string of the molecule is COc1ccc(CN2CCC(c3ccc(NC(=O)c4ccc(Cl)cc4)cn3)C2)cc1. The molecule has 5 nitrogen and oxygen atoms in total. The zero-order valence-corrected chi connectivity index (χ0v) is 17.6. The maximum Gasteiger partial charge on any atom is 0.255 e. The second kappa shape index (κ2) is 9.28. The number of ether oxygens (including phenoxy) is 1. The first kappa shape index (κ1) is 20.4. The van der Waals surface area contributed by atoms with Crippen molar-refractivity contribution in [2.24, 2.45) is 0 Å². The first-order chi connectivity index (χ1) is 14.6. The van der Waals surface area contributed by atoms with Crippen molar-refractivity contribution in [2.75, 3.05) is 25.5 Å². The van der Waals surface area contributed by atoms with Gasteiger partial charge in [0.1, 0.15) is 5.75 Å². The molecule has 1 atom stereocenters. The number of carbonyl (C=O) groups excluding carboxylic acids is 1. The minimum atomic E-state index is -0.173. The minimum absolute atomic E-state index is 0.173. The van der Waals surface area contributed by atoms with Crippen molar-refractivity contribution < 1.29 is 9.53 Å². The van der Waals surface area contributed by atoms with Crippen molar-refractivity contribution in [3.05, 3.63) is 88.7 Å². The summed E-state index contributed by atoms with van der Waals surface area (Å²) in [6, 6.07) is 19.0.